The van der Waals surface area contributed by atoms with Crippen LogP contribution in [0.1, 0.15) is 50.5 Å². The Labute approximate surface area is 181 Å². The van der Waals surface area contributed by atoms with Gasteiger partial charge in [0.2, 0.25) is 5.91 Å². The largest absolute Gasteiger partial charge is 0.381 e. The van der Waals surface area contributed by atoms with Gasteiger partial charge in [0.1, 0.15) is 12.1 Å². The highest BCUT2D eigenvalue weighted by molar-refractivity contribution is 6.30. The van der Waals surface area contributed by atoms with E-state index in [2.05, 4.69) is 10.6 Å². The van der Waals surface area contributed by atoms with E-state index in [0.717, 1.165) is 42.6 Å². The maximum absolute atomic E-state index is 12.9. The number of nitrogens with one attached hydrogen (secondary N) is 2. The third-order valence-electron chi connectivity index (χ3n) is 6.79. The van der Waals surface area contributed by atoms with Crippen LogP contribution in [0.4, 0.5) is 4.79 Å². The van der Waals surface area contributed by atoms with Gasteiger partial charge in [0.15, 0.2) is 0 Å². The molecule has 4 rings (SSSR count). The molecule has 3 aliphatic rings. The van der Waals surface area contributed by atoms with Gasteiger partial charge in [-0.2, -0.15) is 0 Å². The molecule has 0 radical (unpaired) electrons. The fourth-order valence-electron chi connectivity index (χ4n) is 4.91. The maximum Gasteiger partial charge on any atom is 0.325 e. The van der Waals surface area contributed by atoms with Crippen molar-refractivity contribution < 1.29 is 19.1 Å². The van der Waals surface area contributed by atoms with Crippen LogP contribution in [0.5, 0.6) is 0 Å². The van der Waals surface area contributed by atoms with Gasteiger partial charge in [-0.15, -0.1) is 0 Å². The van der Waals surface area contributed by atoms with Crippen LogP contribution in [0.25, 0.3) is 0 Å². The van der Waals surface area contributed by atoms with Crippen molar-refractivity contribution in [3.8, 4) is 0 Å². The van der Waals surface area contributed by atoms with E-state index in [9.17, 15) is 14.4 Å². The molecule has 7 nitrogen and oxygen atoms in total. The first-order chi connectivity index (χ1) is 14.4. The number of nitrogens with zero attached hydrogens (tertiary/aromatic N) is 1. The summed E-state index contributed by atoms with van der Waals surface area (Å²) in [7, 11) is 0. The van der Waals surface area contributed by atoms with E-state index in [0.29, 0.717) is 37.6 Å². The molecule has 0 bridgehead atoms. The molecule has 3 fully saturated rings. The first kappa shape index (κ1) is 21.1. The lowest BCUT2D eigenvalue weighted by atomic mass is 9.74. The standard InChI is InChI=1S/C22H28ClN3O4/c23-17-6-4-16(5-7-17)21(10-12-30-13-11-21)15-24-18(27)14-26-19(28)22(25-20(26)29)8-2-1-3-9-22/h4-7H,1-3,8-15H2,(H,24,27)(H,25,29). The molecule has 0 atom stereocenters. The molecular formula is C22H28ClN3O4. The number of imide groups is 1. The van der Waals surface area contributed by atoms with E-state index in [1.807, 2.05) is 24.3 Å². The predicted octanol–water partition coefficient (Wildman–Crippen LogP) is 2.76. The molecule has 1 aromatic carbocycles. The fraction of sp³-hybridized carbons (Fsp3) is 0.591. The van der Waals surface area contributed by atoms with E-state index in [1.54, 1.807) is 0 Å². The molecule has 1 aliphatic carbocycles. The molecule has 2 heterocycles. The van der Waals surface area contributed by atoms with Crippen molar-refractivity contribution in [2.45, 2.75) is 55.9 Å². The van der Waals surface area contributed by atoms with Crippen molar-refractivity contribution in [2.75, 3.05) is 26.3 Å². The van der Waals surface area contributed by atoms with Crippen LogP contribution in [0.2, 0.25) is 5.02 Å². The third kappa shape index (κ3) is 4.05. The van der Waals surface area contributed by atoms with Crippen LogP contribution in [0.3, 0.4) is 0 Å². The number of hydrogen-bond donors (Lipinski definition) is 2. The second kappa shape index (κ2) is 8.55. The maximum atomic E-state index is 12.9. The third-order valence-corrected chi connectivity index (χ3v) is 7.04. The van der Waals surface area contributed by atoms with E-state index in [4.69, 9.17) is 16.3 Å². The van der Waals surface area contributed by atoms with Gasteiger partial charge in [0, 0.05) is 30.2 Å². The lowest BCUT2D eigenvalue weighted by molar-refractivity contribution is -0.135. The van der Waals surface area contributed by atoms with Crippen molar-refractivity contribution in [1.82, 2.24) is 15.5 Å². The Morgan fingerprint density at radius 2 is 1.73 bits per heavy atom. The van der Waals surface area contributed by atoms with Gasteiger partial charge in [-0.3, -0.25) is 14.5 Å². The summed E-state index contributed by atoms with van der Waals surface area (Å²) >= 11 is 6.04. The summed E-state index contributed by atoms with van der Waals surface area (Å²) in [5.41, 5.74) is 0.0490. The number of amides is 4. The zero-order chi connectivity index (χ0) is 21.2. The van der Waals surface area contributed by atoms with E-state index >= 15 is 0 Å². The zero-order valence-corrected chi connectivity index (χ0v) is 17.8. The van der Waals surface area contributed by atoms with Gasteiger partial charge in [0.25, 0.3) is 5.91 Å². The molecule has 1 spiro atoms. The summed E-state index contributed by atoms with van der Waals surface area (Å²) in [6, 6.07) is 7.23. The number of rotatable bonds is 5. The summed E-state index contributed by atoms with van der Waals surface area (Å²) in [6.45, 7) is 1.41. The SMILES string of the molecule is O=C(CN1C(=O)NC2(CCCCC2)C1=O)NCC1(c2ccc(Cl)cc2)CCOCC1. The number of carbonyl (C=O) groups excluding carboxylic acids is 3. The van der Waals surface area contributed by atoms with Gasteiger partial charge in [-0.25, -0.2) is 4.79 Å². The highest BCUT2D eigenvalue weighted by atomic mass is 35.5. The first-order valence-corrected chi connectivity index (χ1v) is 11.1. The summed E-state index contributed by atoms with van der Waals surface area (Å²) in [4.78, 5) is 39.0. The average molecular weight is 434 g/mol. The second-order valence-corrected chi connectivity index (χ2v) is 9.08. The van der Waals surface area contributed by atoms with Crippen molar-refractivity contribution in [1.29, 1.82) is 0 Å². The van der Waals surface area contributed by atoms with Gasteiger partial charge in [-0.1, -0.05) is 43.0 Å². The minimum Gasteiger partial charge on any atom is -0.381 e. The van der Waals surface area contributed by atoms with Crippen LogP contribution in [0.15, 0.2) is 24.3 Å². The number of halogens is 1. The molecule has 162 valence electrons. The van der Waals surface area contributed by atoms with Crippen molar-refractivity contribution >= 4 is 29.4 Å². The molecule has 8 heteroatoms. The molecule has 4 amide bonds. The average Bonchev–Trinajstić information content (AvgIpc) is 2.98. The molecule has 2 aliphatic heterocycles. The fourth-order valence-corrected chi connectivity index (χ4v) is 5.04. The lowest BCUT2D eigenvalue weighted by Gasteiger charge is -2.38. The van der Waals surface area contributed by atoms with Crippen LogP contribution in [0, 0.1) is 0 Å². The monoisotopic (exact) mass is 433 g/mol. The topological polar surface area (TPSA) is 87.7 Å². The highest BCUT2D eigenvalue weighted by Gasteiger charge is 2.51. The summed E-state index contributed by atoms with van der Waals surface area (Å²) in [5, 5.41) is 6.48. The molecule has 1 saturated carbocycles. The van der Waals surface area contributed by atoms with Crippen LogP contribution in [-0.4, -0.2) is 54.6 Å². The Morgan fingerprint density at radius 3 is 2.40 bits per heavy atom. The van der Waals surface area contributed by atoms with Gasteiger partial charge >= 0.3 is 6.03 Å². The summed E-state index contributed by atoms with van der Waals surface area (Å²) in [6.07, 6.45) is 5.75. The van der Waals surface area contributed by atoms with E-state index < -0.39 is 11.6 Å². The summed E-state index contributed by atoms with van der Waals surface area (Å²) < 4.78 is 5.53. The van der Waals surface area contributed by atoms with Crippen LogP contribution < -0.4 is 10.6 Å². The number of urea groups is 1. The summed E-state index contributed by atoms with van der Waals surface area (Å²) in [5.74, 6) is -0.591. The molecule has 0 unspecified atom stereocenters. The predicted molar refractivity (Wildman–Crippen MR) is 112 cm³/mol. The molecule has 2 saturated heterocycles. The quantitative estimate of drug-likeness (QED) is 0.699. The minimum absolute atomic E-state index is 0.250. The Morgan fingerprint density at radius 1 is 1.07 bits per heavy atom. The smallest absolute Gasteiger partial charge is 0.325 e. The molecular weight excluding hydrogens is 406 g/mol. The molecule has 1 aromatic rings. The van der Waals surface area contributed by atoms with E-state index in [1.165, 1.54) is 0 Å². The van der Waals surface area contributed by atoms with Gasteiger partial charge < -0.3 is 15.4 Å². The Hall–Kier alpha value is -2.12. The normalized spacial score (nSPS) is 22.8. The van der Waals surface area contributed by atoms with Crippen molar-refractivity contribution in [3.05, 3.63) is 34.9 Å². The Balaban J connectivity index is 1.41. The zero-order valence-electron chi connectivity index (χ0n) is 17.0. The van der Waals surface area contributed by atoms with E-state index in [-0.39, 0.29) is 23.8 Å². The second-order valence-electron chi connectivity index (χ2n) is 8.64. The molecule has 0 aromatic heterocycles. The van der Waals surface area contributed by atoms with Crippen molar-refractivity contribution in [3.63, 3.8) is 0 Å². The highest BCUT2D eigenvalue weighted by Crippen LogP contribution is 2.35. The molecule has 2 N–H and O–H groups in total. The number of benzene rings is 1. The number of ether oxygens (including phenoxy) is 1. The minimum atomic E-state index is -0.805. The van der Waals surface area contributed by atoms with Crippen LogP contribution >= 0.6 is 11.6 Å². The Bertz CT molecular complexity index is 814. The molecule has 30 heavy (non-hydrogen) atoms. The van der Waals surface area contributed by atoms with Crippen LogP contribution in [-0.2, 0) is 19.7 Å². The van der Waals surface area contributed by atoms with Gasteiger partial charge in [0.05, 0.1) is 0 Å². The Kier molecular flexibility index (Phi) is 6.02. The van der Waals surface area contributed by atoms with Gasteiger partial charge in [-0.05, 0) is 43.4 Å². The number of hydrogen-bond acceptors (Lipinski definition) is 4. The first-order valence-electron chi connectivity index (χ1n) is 10.7. The lowest BCUT2D eigenvalue weighted by Crippen LogP contribution is -2.50. The van der Waals surface area contributed by atoms with Crippen molar-refractivity contribution in [2.24, 2.45) is 0 Å². The number of carbonyl (C=O) groups is 3.